The van der Waals surface area contributed by atoms with Crippen molar-refractivity contribution in [1.82, 2.24) is 5.32 Å². The van der Waals surface area contributed by atoms with Crippen LogP contribution in [0, 0.1) is 0 Å². The van der Waals surface area contributed by atoms with E-state index >= 15 is 0 Å². The zero-order valence-corrected chi connectivity index (χ0v) is 10.9. The van der Waals surface area contributed by atoms with Crippen LogP contribution in [0.4, 0.5) is 0 Å². The second-order valence-electron chi connectivity index (χ2n) is 4.63. The van der Waals surface area contributed by atoms with Crippen molar-refractivity contribution in [2.45, 2.75) is 45.9 Å². The molecule has 1 unspecified atom stereocenters. The average Bonchev–Trinajstić information content (AvgIpc) is 2.25. The minimum absolute atomic E-state index is 0.213. The highest BCUT2D eigenvalue weighted by molar-refractivity contribution is 5.27. The van der Waals surface area contributed by atoms with Crippen LogP contribution in [0.15, 0.2) is 24.3 Å². The predicted molar refractivity (Wildman–Crippen MR) is 70.2 cm³/mol. The molecule has 0 radical (unpaired) electrons. The van der Waals surface area contributed by atoms with E-state index in [9.17, 15) is 0 Å². The summed E-state index contributed by atoms with van der Waals surface area (Å²) in [6.07, 6.45) is 0.767. The first-order chi connectivity index (χ1) is 8.08. The lowest BCUT2D eigenvalue weighted by Crippen LogP contribution is -2.18. The molecule has 0 aromatic heterocycles. The number of aliphatic hydroxyl groups excluding tert-OH is 1. The summed E-state index contributed by atoms with van der Waals surface area (Å²) >= 11 is 0. The van der Waals surface area contributed by atoms with E-state index in [1.165, 1.54) is 5.56 Å². The van der Waals surface area contributed by atoms with Gasteiger partial charge in [-0.15, -0.1) is 0 Å². The van der Waals surface area contributed by atoms with E-state index in [0.29, 0.717) is 0 Å². The fourth-order valence-electron chi connectivity index (χ4n) is 1.50. The molecule has 1 aromatic carbocycles. The summed E-state index contributed by atoms with van der Waals surface area (Å²) in [6.45, 7) is 7.51. The van der Waals surface area contributed by atoms with Crippen molar-refractivity contribution in [2.75, 3.05) is 6.54 Å². The molecule has 0 heterocycles. The van der Waals surface area contributed by atoms with Gasteiger partial charge in [-0.2, -0.15) is 0 Å². The predicted octanol–water partition coefficient (Wildman–Crippen LogP) is 2.33. The van der Waals surface area contributed by atoms with E-state index in [2.05, 4.69) is 17.4 Å². The van der Waals surface area contributed by atoms with Crippen LogP contribution in [0.5, 0.6) is 5.75 Å². The van der Waals surface area contributed by atoms with Gasteiger partial charge in [-0.25, -0.2) is 0 Å². The van der Waals surface area contributed by atoms with Crippen LogP contribution in [0.25, 0.3) is 0 Å². The first-order valence-corrected chi connectivity index (χ1v) is 6.22. The van der Waals surface area contributed by atoms with Gasteiger partial charge in [0.05, 0.1) is 12.2 Å². The zero-order valence-electron chi connectivity index (χ0n) is 10.9. The Morgan fingerprint density at radius 2 is 1.82 bits per heavy atom. The van der Waals surface area contributed by atoms with E-state index in [4.69, 9.17) is 9.84 Å². The maximum Gasteiger partial charge on any atom is 0.119 e. The standard InChI is InChI=1S/C14H23NO2/c1-11(2)17-14-6-4-13(5-7-14)10-15-9-8-12(3)16/h4-7,11-12,15-16H,8-10H2,1-3H3. The lowest BCUT2D eigenvalue weighted by molar-refractivity contribution is 0.183. The van der Waals surface area contributed by atoms with Gasteiger partial charge in [-0.3, -0.25) is 0 Å². The summed E-state index contributed by atoms with van der Waals surface area (Å²) in [5.41, 5.74) is 1.23. The average molecular weight is 237 g/mol. The molecule has 0 saturated carbocycles. The number of benzene rings is 1. The van der Waals surface area contributed by atoms with Gasteiger partial charge < -0.3 is 15.2 Å². The van der Waals surface area contributed by atoms with Crippen molar-refractivity contribution in [2.24, 2.45) is 0 Å². The Labute approximate surface area is 104 Å². The molecule has 96 valence electrons. The highest BCUT2D eigenvalue weighted by Gasteiger charge is 1.99. The quantitative estimate of drug-likeness (QED) is 0.715. The Kier molecular flexibility index (Phi) is 6.01. The maximum atomic E-state index is 9.11. The van der Waals surface area contributed by atoms with E-state index in [1.807, 2.05) is 26.0 Å². The lowest BCUT2D eigenvalue weighted by atomic mass is 10.2. The van der Waals surface area contributed by atoms with Crippen molar-refractivity contribution >= 4 is 0 Å². The molecule has 1 aromatic rings. The highest BCUT2D eigenvalue weighted by Crippen LogP contribution is 2.13. The van der Waals surface area contributed by atoms with Crippen molar-refractivity contribution in [3.63, 3.8) is 0 Å². The smallest absolute Gasteiger partial charge is 0.119 e. The van der Waals surface area contributed by atoms with Gasteiger partial charge in [-0.05, 0) is 51.4 Å². The van der Waals surface area contributed by atoms with Crippen LogP contribution < -0.4 is 10.1 Å². The summed E-state index contributed by atoms with van der Waals surface area (Å²) in [5, 5.41) is 12.4. The summed E-state index contributed by atoms with van der Waals surface area (Å²) in [5.74, 6) is 0.910. The van der Waals surface area contributed by atoms with Crippen molar-refractivity contribution in [1.29, 1.82) is 0 Å². The molecule has 0 fully saturated rings. The Morgan fingerprint density at radius 3 is 2.35 bits per heavy atom. The Morgan fingerprint density at radius 1 is 1.18 bits per heavy atom. The number of hydrogen-bond acceptors (Lipinski definition) is 3. The molecule has 3 heteroatoms. The molecular weight excluding hydrogens is 214 g/mol. The van der Waals surface area contributed by atoms with Gasteiger partial charge in [0.2, 0.25) is 0 Å². The maximum absolute atomic E-state index is 9.11. The molecule has 17 heavy (non-hydrogen) atoms. The Hall–Kier alpha value is -1.06. The monoisotopic (exact) mass is 237 g/mol. The van der Waals surface area contributed by atoms with E-state index in [-0.39, 0.29) is 12.2 Å². The first kappa shape index (κ1) is 14.0. The van der Waals surface area contributed by atoms with Gasteiger partial charge in [0.1, 0.15) is 5.75 Å². The summed E-state index contributed by atoms with van der Waals surface area (Å²) in [4.78, 5) is 0. The molecule has 0 bridgehead atoms. The van der Waals surface area contributed by atoms with Crippen LogP contribution in [0.1, 0.15) is 32.8 Å². The fraction of sp³-hybridized carbons (Fsp3) is 0.571. The molecule has 3 nitrogen and oxygen atoms in total. The minimum atomic E-state index is -0.232. The minimum Gasteiger partial charge on any atom is -0.491 e. The number of aliphatic hydroxyl groups is 1. The van der Waals surface area contributed by atoms with Crippen LogP contribution >= 0.6 is 0 Å². The largest absolute Gasteiger partial charge is 0.491 e. The molecular formula is C14H23NO2. The second kappa shape index (κ2) is 7.30. The molecule has 0 saturated heterocycles. The third-order valence-corrected chi connectivity index (χ3v) is 2.36. The highest BCUT2D eigenvalue weighted by atomic mass is 16.5. The third-order valence-electron chi connectivity index (χ3n) is 2.36. The zero-order chi connectivity index (χ0) is 12.7. The lowest BCUT2D eigenvalue weighted by Gasteiger charge is -2.10. The molecule has 0 aliphatic heterocycles. The fourth-order valence-corrected chi connectivity index (χ4v) is 1.50. The summed E-state index contributed by atoms with van der Waals surface area (Å²) in [7, 11) is 0. The molecule has 0 amide bonds. The van der Waals surface area contributed by atoms with E-state index in [1.54, 1.807) is 6.92 Å². The van der Waals surface area contributed by atoms with Crippen molar-refractivity contribution < 1.29 is 9.84 Å². The SMILES string of the molecule is CC(O)CCNCc1ccc(OC(C)C)cc1. The molecule has 0 aliphatic carbocycles. The number of rotatable bonds is 7. The second-order valence-corrected chi connectivity index (χ2v) is 4.63. The van der Waals surface area contributed by atoms with Gasteiger partial charge in [0.25, 0.3) is 0 Å². The van der Waals surface area contributed by atoms with Gasteiger partial charge >= 0.3 is 0 Å². The van der Waals surface area contributed by atoms with Crippen molar-refractivity contribution in [3.8, 4) is 5.75 Å². The Bertz CT molecular complexity index is 307. The van der Waals surface area contributed by atoms with Crippen LogP contribution in [-0.2, 0) is 6.54 Å². The number of hydrogen-bond donors (Lipinski definition) is 2. The topological polar surface area (TPSA) is 41.5 Å². The number of ether oxygens (including phenoxy) is 1. The Balaban J connectivity index is 2.30. The summed E-state index contributed by atoms with van der Waals surface area (Å²) < 4.78 is 5.57. The molecule has 1 rings (SSSR count). The van der Waals surface area contributed by atoms with Crippen LogP contribution in [-0.4, -0.2) is 23.9 Å². The normalized spacial score (nSPS) is 12.8. The molecule has 1 atom stereocenters. The van der Waals surface area contributed by atoms with E-state index < -0.39 is 0 Å². The van der Waals surface area contributed by atoms with Gasteiger partial charge in [0.15, 0.2) is 0 Å². The third kappa shape index (κ3) is 6.29. The van der Waals surface area contributed by atoms with Gasteiger partial charge in [0, 0.05) is 6.54 Å². The molecule has 0 spiro atoms. The van der Waals surface area contributed by atoms with Crippen LogP contribution in [0.3, 0.4) is 0 Å². The molecule has 2 N–H and O–H groups in total. The van der Waals surface area contributed by atoms with Crippen molar-refractivity contribution in [3.05, 3.63) is 29.8 Å². The first-order valence-electron chi connectivity index (χ1n) is 6.22. The summed E-state index contributed by atoms with van der Waals surface area (Å²) in [6, 6.07) is 8.11. The van der Waals surface area contributed by atoms with Gasteiger partial charge in [-0.1, -0.05) is 12.1 Å². The molecule has 0 aliphatic rings. The number of nitrogens with one attached hydrogen (secondary N) is 1. The van der Waals surface area contributed by atoms with Crippen LogP contribution in [0.2, 0.25) is 0 Å². The van der Waals surface area contributed by atoms with E-state index in [0.717, 1.165) is 25.3 Å².